The van der Waals surface area contributed by atoms with E-state index in [4.69, 9.17) is 4.74 Å². The van der Waals surface area contributed by atoms with E-state index in [1.54, 1.807) is 42.3 Å². The van der Waals surface area contributed by atoms with Crippen molar-refractivity contribution in [2.24, 2.45) is 0 Å². The molecule has 2 rings (SSSR count). The van der Waals surface area contributed by atoms with Crippen LogP contribution in [-0.2, 0) is 0 Å². The summed E-state index contributed by atoms with van der Waals surface area (Å²) in [5.74, 6) is 1.60. The number of rotatable bonds is 5. The average molecular weight is 315 g/mol. The summed E-state index contributed by atoms with van der Waals surface area (Å²) in [5, 5.41) is 2.82. The van der Waals surface area contributed by atoms with Gasteiger partial charge in [0.25, 0.3) is 5.91 Å². The van der Waals surface area contributed by atoms with E-state index in [0.717, 1.165) is 5.75 Å². The van der Waals surface area contributed by atoms with Crippen LogP contribution in [0.15, 0.2) is 30.3 Å². The number of methoxy groups -OCH3 is 1. The molecule has 0 atom stereocenters. The normalized spacial score (nSPS) is 10.1. The van der Waals surface area contributed by atoms with Crippen molar-refractivity contribution in [3.8, 4) is 5.75 Å². The maximum Gasteiger partial charge on any atom is 0.274 e. The van der Waals surface area contributed by atoms with Crippen LogP contribution in [0.25, 0.3) is 0 Å². The van der Waals surface area contributed by atoms with Crippen molar-refractivity contribution in [2.45, 2.75) is 0 Å². The molecule has 7 heteroatoms. The minimum atomic E-state index is -0.288. The van der Waals surface area contributed by atoms with Gasteiger partial charge in [0.15, 0.2) is 0 Å². The van der Waals surface area contributed by atoms with Crippen molar-refractivity contribution in [3.63, 3.8) is 0 Å². The topological polar surface area (TPSA) is 70.6 Å². The summed E-state index contributed by atoms with van der Waals surface area (Å²) < 4.78 is 5.10. The molecule has 0 aliphatic carbocycles. The van der Waals surface area contributed by atoms with E-state index in [9.17, 15) is 4.79 Å². The lowest BCUT2D eigenvalue weighted by Gasteiger charge is -2.17. The zero-order valence-corrected chi connectivity index (χ0v) is 14.0. The van der Waals surface area contributed by atoms with Gasteiger partial charge in [-0.3, -0.25) is 4.79 Å². The van der Waals surface area contributed by atoms with Crippen LogP contribution in [-0.4, -0.2) is 51.2 Å². The van der Waals surface area contributed by atoms with E-state index >= 15 is 0 Å². The van der Waals surface area contributed by atoms with Crippen LogP contribution in [0.2, 0.25) is 0 Å². The Morgan fingerprint density at radius 3 is 2.22 bits per heavy atom. The highest BCUT2D eigenvalue weighted by atomic mass is 16.5. The van der Waals surface area contributed by atoms with Crippen molar-refractivity contribution in [1.29, 1.82) is 0 Å². The quantitative estimate of drug-likeness (QED) is 0.908. The second-order valence-electron chi connectivity index (χ2n) is 5.38. The number of carbonyl (C=O) groups excluding carboxylic acids is 1. The van der Waals surface area contributed by atoms with Gasteiger partial charge >= 0.3 is 0 Å². The highest BCUT2D eigenvalue weighted by Gasteiger charge is 2.14. The molecule has 7 nitrogen and oxygen atoms in total. The first-order valence-electron chi connectivity index (χ1n) is 7.10. The zero-order valence-electron chi connectivity index (χ0n) is 14.0. The fourth-order valence-electron chi connectivity index (χ4n) is 1.84. The van der Waals surface area contributed by atoms with Crippen LogP contribution in [0.5, 0.6) is 5.75 Å². The van der Waals surface area contributed by atoms with E-state index in [0.29, 0.717) is 23.1 Å². The fourth-order valence-corrected chi connectivity index (χ4v) is 1.84. The Bertz CT molecular complexity index is 657. The minimum Gasteiger partial charge on any atom is -0.497 e. The number of benzene rings is 1. The highest BCUT2D eigenvalue weighted by molar-refractivity contribution is 6.03. The van der Waals surface area contributed by atoms with Gasteiger partial charge in [-0.1, -0.05) is 0 Å². The number of aromatic nitrogens is 2. The Morgan fingerprint density at radius 2 is 1.70 bits per heavy atom. The molecular weight excluding hydrogens is 294 g/mol. The number of hydrogen-bond donors (Lipinski definition) is 1. The molecule has 1 amide bonds. The van der Waals surface area contributed by atoms with Gasteiger partial charge in [0.1, 0.15) is 17.3 Å². The molecule has 1 N–H and O–H groups in total. The van der Waals surface area contributed by atoms with Crippen molar-refractivity contribution < 1.29 is 9.53 Å². The maximum absolute atomic E-state index is 12.4. The van der Waals surface area contributed by atoms with Crippen LogP contribution in [0.1, 0.15) is 10.5 Å². The molecule has 0 fully saturated rings. The Balaban J connectivity index is 2.26. The van der Waals surface area contributed by atoms with Crippen molar-refractivity contribution in [2.75, 3.05) is 50.4 Å². The molecule has 0 aliphatic rings. The third kappa shape index (κ3) is 4.09. The predicted octanol–water partition coefficient (Wildman–Crippen LogP) is 1.87. The lowest BCUT2D eigenvalue weighted by atomic mass is 10.3. The van der Waals surface area contributed by atoms with Gasteiger partial charge in [0, 0.05) is 39.9 Å². The van der Waals surface area contributed by atoms with Crippen LogP contribution < -0.4 is 19.9 Å². The Hall–Kier alpha value is -2.83. The summed E-state index contributed by atoms with van der Waals surface area (Å²) in [6.45, 7) is 0. The van der Waals surface area contributed by atoms with Gasteiger partial charge < -0.3 is 19.9 Å². The van der Waals surface area contributed by atoms with Gasteiger partial charge in [0.2, 0.25) is 5.95 Å². The monoisotopic (exact) mass is 315 g/mol. The van der Waals surface area contributed by atoms with Crippen LogP contribution in [0.3, 0.4) is 0 Å². The summed E-state index contributed by atoms with van der Waals surface area (Å²) >= 11 is 0. The van der Waals surface area contributed by atoms with Gasteiger partial charge in [-0.15, -0.1) is 0 Å². The largest absolute Gasteiger partial charge is 0.497 e. The smallest absolute Gasteiger partial charge is 0.274 e. The molecule has 0 saturated carbocycles. The first-order valence-corrected chi connectivity index (χ1v) is 7.10. The Kier molecular flexibility index (Phi) is 5.00. The molecule has 0 bridgehead atoms. The second-order valence-corrected chi connectivity index (χ2v) is 5.38. The summed E-state index contributed by atoms with van der Waals surface area (Å²) in [4.78, 5) is 24.7. The van der Waals surface area contributed by atoms with E-state index in [2.05, 4.69) is 15.3 Å². The molecule has 0 unspecified atom stereocenters. The predicted molar refractivity (Wildman–Crippen MR) is 91.6 cm³/mol. The minimum absolute atomic E-state index is 0.288. The molecule has 0 spiro atoms. The molecule has 23 heavy (non-hydrogen) atoms. The number of amides is 1. The Labute approximate surface area is 135 Å². The van der Waals surface area contributed by atoms with E-state index in [1.165, 1.54) is 0 Å². The van der Waals surface area contributed by atoms with Gasteiger partial charge in [-0.05, 0) is 24.3 Å². The van der Waals surface area contributed by atoms with Crippen molar-refractivity contribution in [3.05, 3.63) is 36.0 Å². The standard InChI is InChI=1S/C16H21N5O2/c1-20(2)14-10-13(18-16(19-14)21(3)4)15(22)17-11-6-8-12(23-5)9-7-11/h6-10H,1-5H3,(H,17,22). The SMILES string of the molecule is COc1ccc(NC(=O)c2cc(N(C)C)nc(N(C)C)n2)cc1. The lowest BCUT2D eigenvalue weighted by Crippen LogP contribution is -2.21. The molecule has 0 saturated heterocycles. The molecule has 0 radical (unpaired) electrons. The third-order valence-electron chi connectivity index (χ3n) is 3.14. The molecule has 1 aromatic heterocycles. The lowest BCUT2D eigenvalue weighted by molar-refractivity contribution is 0.102. The van der Waals surface area contributed by atoms with Gasteiger partial charge in [-0.2, -0.15) is 4.98 Å². The van der Waals surface area contributed by atoms with E-state index in [1.807, 2.05) is 33.1 Å². The number of anilines is 3. The number of ether oxygens (including phenoxy) is 1. The van der Waals surface area contributed by atoms with E-state index < -0.39 is 0 Å². The number of carbonyl (C=O) groups is 1. The van der Waals surface area contributed by atoms with Crippen molar-refractivity contribution >= 4 is 23.4 Å². The van der Waals surface area contributed by atoms with Crippen molar-refractivity contribution in [1.82, 2.24) is 9.97 Å². The third-order valence-corrected chi connectivity index (χ3v) is 3.14. The summed E-state index contributed by atoms with van der Waals surface area (Å²) in [5.41, 5.74) is 0.982. The summed E-state index contributed by atoms with van der Waals surface area (Å²) in [6, 6.07) is 8.78. The molecule has 2 aromatic rings. The second kappa shape index (κ2) is 6.95. The van der Waals surface area contributed by atoms with E-state index in [-0.39, 0.29) is 5.91 Å². The summed E-state index contributed by atoms with van der Waals surface area (Å²) in [7, 11) is 9.00. The van der Waals surface area contributed by atoms with Crippen LogP contribution in [0, 0.1) is 0 Å². The summed E-state index contributed by atoms with van der Waals surface area (Å²) in [6.07, 6.45) is 0. The fraction of sp³-hybridized carbons (Fsp3) is 0.312. The average Bonchev–Trinajstić information content (AvgIpc) is 2.55. The molecule has 1 aromatic carbocycles. The molecule has 0 aliphatic heterocycles. The van der Waals surface area contributed by atoms with Gasteiger partial charge in [-0.25, -0.2) is 4.98 Å². The number of nitrogens with one attached hydrogen (secondary N) is 1. The molecule has 122 valence electrons. The number of hydrogen-bond acceptors (Lipinski definition) is 6. The Morgan fingerprint density at radius 1 is 1.04 bits per heavy atom. The number of nitrogens with zero attached hydrogens (tertiary/aromatic N) is 4. The molecule has 1 heterocycles. The first kappa shape index (κ1) is 16.5. The van der Waals surface area contributed by atoms with Crippen LogP contribution >= 0.6 is 0 Å². The highest BCUT2D eigenvalue weighted by Crippen LogP contribution is 2.18. The van der Waals surface area contributed by atoms with Crippen LogP contribution in [0.4, 0.5) is 17.5 Å². The van der Waals surface area contributed by atoms with Gasteiger partial charge in [0.05, 0.1) is 7.11 Å². The molecular formula is C16H21N5O2. The maximum atomic E-state index is 12.4. The first-order chi connectivity index (χ1) is 10.9. The zero-order chi connectivity index (χ0) is 17.0.